The quantitative estimate of drug-likeness (QED) is 0.215. The molecule has 1 aromatic heterocycles. The second-order valence-electron chi connectivity index (χ2n) is 7.20. The lowest BCUT2D eigenvalue weighted by atomic mass is 10.0. The average Bonchev–Trinajstić information content (AvgIpc) is 3.30. The van der Waals surface area contributed by atoms with Crippen LogP contribution in [0.4, 0.5) is 0 Å². The molecule has 0 amide bonds. The number of ether oxygens (including phenoxy) is 2. The van der Waals surface area contributed by atoms with Crippen molar-refractivity contribution < 1.29 is 9.47 Å². The number of nitrogens with zero attached hydrogens (tertiary/aromatic N) is 3. The van der Waals surface area contributed by atoms with E-state index in [0.29, 0.717) is 12.5 Å². The van der Waals surface area contributed by atoms with Crippen LogP contribution in [0.1, 0.15) is 31.7 Å². The summed E-state index contributed by atoms with van der Waals surface area (Å²) in [6, 6.07) is 8.27. The highest BCUT2D eigenvalue weighted by atomic mass is 127. The molecular formula is C22H34IN5O2. The first kappa shape index (κ1) is 24.6. The van der Waals surface area contributed by atoms with Crippen LogP contribution in [-0.2, 0) is 16.0 Å². The Balaban J connectivity index is 0.00000320. The molecule has 0 spiro atoms. The summed E-state index contributed by atoms with van der Waals surface area (Å²) in [7, 11) is 0. The Bertz CT molecular complexity index is 733. The minimum Gasteiger partial charge on any atom is -0.381 e. The van der Waals surface area contributed by atoms with Crippen LogP contribution in [0.5, 0.6) is 0 Å². The van der Waals surface area contributed by atoms with Gasteiger partial charge in [-0.25, -0.2) is 9.98 Å². The molecule has 3 rings (SSSR count). The van der Waals surface area contributed by atoms with Gasteiger partial charge in [-0.15, -0.1) is 24.0 Å². The highest BCUT2D eigenvalue weighted by Gasteiger charge is 2.13. The zero-order valence-corrected chi connectivity index (χ0v) is 20.1. The predicted octanol–water partition coefficient (Wildman–Crippen LogP) is 3.38. The summed E-state index contributed by atoms with van der Waals surface area (Å²) in [5.41, 5.74) is 2.26. The van der Waals surface area contributed by atoms with E-state index in [1.807, 2.05) is 29.2 Å². The molecule has 7 nitrogen and oxygen atoms in total. The summed E-state index contributed by atoms with van der Waals surface area (Å²) in [5, 5.41) is 6.72. The zero-order chi connectivity index (χ0) is 20.2. The van der Waals surface area contributed by atoms with Crippen LogP contribution in [0.25, 0.3) is 5.69 Å². The van der Waals surface area contributed by atoms with E-state index in [1.165, 1.54) is 0 Å². The minimum atomic E-state index is 0. The lowest BCUT2D eigenvalue weighted by Gasteiger charge is -2.21. The molecular weight excluding hydrogens is 493 g/mol. The van der Waals surface area contributed by atoms with Crippen molar-refractivity contribution in [3.63, 3.8) is 0 Å². The van der Waals surface area contributed by atoms with Crippen molar-refractivity contribution in [1.82, 2.24) is 20.2 Å². The highest BCUT2D eigenvalue weighted by Crippen LogP contribution is 2.15. The molecule has 1 saturated heterocycles. The molecule has 1 aliphatic heterocycles. The van der Waals surface area contributed by atoms with Crippen LogP contribution < -0.4 is 10.6 Å². The van der Waals surface area contributed by atoms with Crippen molar-refractivity contribution in [2.45, 2.75) is 32.7 Å². The Kier molecular flexibility index (Phi) is 11.8. The van der Waals surface area contributed by atoms with Gasteiger partial charge in [0.15, 0.2) is 5.96 Å². The van der Waals surface area contributed by atoms with Gasteiger partial charge in [0.05, 0.1) is 18.6 Å². The number of hydrogen-bond donors (Lipinski definition) is 2. The van der Waals surface area contributed by atoms with Crippen LogP contribution in [0, 0.1) is 5.92 Å². The Labute approximate surface area is 196 Å². The van der Waals surface area contributed by atoms with Gasteiger partial charge >= 0.3 is 0 Å². The number of hydrogen-bond acceptors (Lipinski definition) is 4. The van der Waals surface area contributed by atoms with Gasteiger partial charge < -0.3 is 24.7 Å². The fourth-order valence-corrected chi connectivity index (χ4v) is 3.35. The molecule has 2 N–H and O–H groups in total. The first-order valence-electron chi connectivity index (χ1n) is 10.6. The first-order valence-corrected chi connectivity index (χ1v) is 10.6. The second kappa shape index (κ2) is 14.4. The van der Waals surface area contributed by atoms with Crippen molar-refractivity contribution in [1.29, 1.82) is 0 Å². The summed E-state index contributed by atoms with van der Waals surface area (Å²) < 4.78 is 13.2. The van der Waals surface area contributed by atoms with Crippen molar-refractivity contribution in [2.24, 2.45) is 10.9 Å². The third-order valence-corrected chi connectivity index (χ3v) is 4.98. The van der Waals surface area contributed by atoms with Gasteiger partial charge in [-0.05, 0) is 43.7 Å². The molecule has 0 bridgehead atoms. The normalized spacial score (nSPS) is 14.9. The fraction of sp³-hybridized carbons (Fsp3) is 0.545. The van der Waals surface area contributed by atoms with Gasteiger partial charge in [0.25, 0.3) is 0 Å². The molecule has 1 aromatic carbocycles. The van der Waals surface area contributed by atoms with Crippen molar-refractivity contribution in [3.05, 3.63) is 48.5 Å². The van der Waals surface area contributed by atoms with Crippen molar-refractivity contribution in [2.75, 3.05) is 39.5 Å². The number of aliphatic imine (C=N–C) groups is 1. The summed E-state index contributed by atoms with van der Waals surface area (Å²) in [6.45, 7) is 7.72. The van der Waals surface area contributed by atoms with E-state index in [-0.39, 0.29) is 24.0 Å². The maximum atomic E-state index is 5.84. The van der Waals surface area contributed by atoms with E-state index in [1.54, 1.807) is 6.20 Å². The number of nitrogens with one attached hydrogen (secondary N) is 2. The minimum absolute atomic E-state index is 0. The fourth-order valence-electron chi connectivity index (χ4n) is 3.35. The third kappa shape index (κ3) is 8.23. The molecule has 0 saturated carbocycles. The SMILES string of the molecule is CCNC(=NCc1ccccc1-n1ccnc1)NCCCOCC1CCOCC1.I. The van der Waals surface area contributed by atoms with Gasteiger partial charge in [0, 0.05) is 51.9 Å². The van der Waals surface area contributed by atoms with E-state index < -0.39 is 0 Å². The van der Waals surface area contributed by atoms with Crippen molar-refractivity contribution in [3.8, 4) is 5.69 Å². The highest BCUT2D eigenvalue weighted by molar-refractivity contribution is 14.0. The number of aromatic nitrogens is 2. The molecule has 8 heteroatoms. The molecule has 2 heterocycles. The summed E-state index contributed by atoms with van der Waals surface area (Å²) in [4.78, 5) is 8.89. The zero-order valence-electron chi connectivity index (χ0n) is 17.8. The van der Waals surface area contributed by atoms with Gasteiger partial charge in [0.1, 0.15) is 0 Å². The molecule has 1 aliphatic rings. The number of para-hydroxylation sites is 1. The van der Waals surface area contributed by atoms with Crippen LogP contribution in [0.3, 0.4) is 0 Å². The van der Waals surface area contributed by atoms with Crippen molar-refractivity contribution >= 4 is 29.9 Å². The van der Waals surface area contributed by atoms with Gasteiger partial charge in [0.2, 0.25) is 0 Å². The molecule has 2 aromatic rings. The average molecular weight is 527 g/mol. The van der Waals surface area contributed by atoms with Crippen LogP contribution in [0.2, 0.25) is 0 Å². The van der Waals surface area contributed by atoms with Crippen LogP contribution in [-0.4, -0.2) is 55.0 Å². The van der Waals surface area contributed by atoms with E-state index in [2.05, 4.69) is 34.7 Å². The maximum Gasteiger partial charge on any atom is 0.191 e. The molecule has 0 radical (unpaired) electrons. The number of benzene rings is 1. The number of imidazole rings is 1. The molecule has 30 heavy (non-hydrogen) atoms. The van der Waals surface area contributed by atoms with E-state index in [9.17, 15) is 0 Å². The Morgan fingerprint density at radius 2 is 2.10 bits per heavy atom. The molecule has 0 atom stereocenters. The van der Waals surface area contributed by atoms with Crippen LogP contribution in [0.15, 0.2) is 48.0 Å². The maximum absolute atomic E-state index is 5.84. The Morgan fingerprint density at radius 1 is 1.27 bits per heavy atom. The monoisotopic (exact) mass is 527 g/mol. The van der Waals surface area contributed by atoms with Gasteiger partial charge in [-0.2, -0.15) is 0 Å². The standard InChI is InChI=1S/C22H33N5O2.HI/c1-2-24-22(25-10-5-13-29-17-19-8-14-28-15-9-19)26-16-20-6-3-4-7-21(20)27-12-11-23-18-27;/h3-4,6-7,11-12,18-19H,2,5,8-10,13-17H2,1H3,(H2,24,25,26);1H. The van der Waals surface area contributed by atoms with Crippen LogP contribution >= 0.6 is 24.0 Å². The lowest BCUT2D eigenvalue weighted by molar-refractivity contribution is 0.0203. The Morgan fingerprint density at radius 3 is 2.87 bits per heavy atom. The van der Waals surface area contributed by atoms with E-state index in [0.717, 1.165) is 76.0 Å². The number of rotatable bonds is 10. The third-order valence-electron chi connectivity index (χ3n) is 4.98. The summed E-state index contributed by atoms with van der Waals surface area (Å²) >= 11 is 0. The number of halogens is 1. The topological polar surface area (TPSA) is 72.7 Å². The summed E-state index contributed by atoms with van der Waals surface area (Å²) in [6.07, 6.45) is 8.75. The van der Waals surface area contributed by atoms with E-state index >= 15 is 0 Å². The molecule has 0 unspecified atom stereocenters. The Hall–Kier alpha value is -1.65. The lowest BCUT2D eigenvalue weighted by Crippen LogP contribution is -2.38. The second-order valence-corrected chi connectivity index (χ2v) is 7.20. The number of guanidine groups is 1. The summed E-state index contributed by atoms with van der Waals surface area (Å²) in [5.74, 6) is 1.49. The predicted molar refractivity (Wildman–Crippen MR) is 131 cm³/mol. The molecule has 1 fully saturated rings. The van der Waals surface area contributed by atoms with Gasteiger partial charge in [-0.3, -0.25) is 0 Å². The largest absolute Gasteiger partial charge is 0.381 e. The first-order chi connectivity index (χ1) is 14.4. The smallest absolute Gasteiger partial charge is 0.191 e. The molecule has 166 valence electrons. The van der Waals surface area contributed by atoms with Gasteiger partial charge in [-0.1, -0.05) is 18.2 Å². The van der Waals surface area contributed by atoms with E-state index in [4.69, 9.17) is 14.5 Å². The molecule has 0 aliphatic carbocycles.